The molecule has 1 fully saturated rings. The van der Waals surface area contributed by atoms with Crippen LogP contribution < -0.4 is 11.1 Å². The lowest BCUT2D eigenvalue weighted by molar-refractivity contribution is 0.637. The van der Waals surface area contributed by atoms with Crippen molar-refractivity contribution >= 4 is 16.6 Å². The average Bonchev–Trinajstić information content (AvgIpc) is 3.03. The van der Waals surface area contributed by atoms with Gasteiger partial charge in [-0.25, -0.2) is 4.39 Å². The lowest BCUT2D eigenvalue weighted by atomic mass is 10.2. The smallest absolute Gasteiger partial charge is 0.149 e. The Kier molecular flexibility index (Phi) is 2.44. The minimum Gasteiger partial charge on any atom is -0.384 e. The third-order valence-electron chi connectivity index (χ3n) is 3.25. The van der Waals surface area contributed by atoms with Gasteiger partial charge in [-0.05, 0) is 24.5 Å². The molecule has 0 spiro atoms. The second kappa shape index (κ2) is 3.96. The van der Waals surface area contributed by atoms with Gasteiger partial charge in [0.15, 0.2) is 0 Å². The maximum absolute atomic E-state index is 13.5. The standard InChI is InChI=1S/C13H14FN3/c14-10-3-1-2-9-12(4-5-16-13(9)10)17-7-8-6-11(8)15/h1-5,8,11H,6-7,15H2,(H,16,17)/t8-,11-/m1/s1. The molecule has 0 saturated heterocycles. The number of para-hydroxylation sites is 1. The number of rotatable bonds is 3. The van der Waals surface area contributed by atoms with Crippen LogP contribution in [0, 0.1) is 11.7 Å². The monoisotopic (exact) mass is 231 g/mol. The zero-order chi connectivity index (χ0) is 11.8. The van der Waals surface area contributed by atoms with Gasteiger partial charge in [-0.15, -0.1) is 0 Å². The Hall–Kier alpha value is -1.68. The highest BCUT2D eigenvalue weighted by molar-refractivity contribution is 5.91. The Morgan fingerprint density at radius 2 is 2.24 bits per heavy atom. The number of nitrogens with one attached hydrogen (secondary N) is 1. The minimum absolute atomic E-state index is 0.283. The summed E-state index contributed by atoms with van der Waals surface area (Å²) in [5, 5.41) is 4.14. The van der Waals surface area contributed by atoms with Crippen LogP contribution in [0.4, 0.5) is 10.1 Å². The second-order valence-electron chi connectivity index (χ2n) is 4.54. The quantitative estimate of drug-likeness (QED) is 0.850. The summed E-state index contributed by atoms with van der Waals surface area (Å²) in [6.45, 7) is 0.844. The van der Waals surface area contributed by atoms with Crippen molar-refractivity contribution in [2.24, 2.45) is 11.7 Å². The van der Waals surface area contributed by atoms with Crippen LogP contribution >= 0.6 is 0 Å². The van der Waals surface area contributed by atoms with E-state index in [0.29, 0.717) is 17.5 Å². The molecular weight excluding hydrogens is 217 g/mol. The molecule has 2 atom stereocenters. The van der Waals surface area contributed by atoms with Gasteiger partial charge in [-0.3, -0.25) is 4.98 Å². The Labute approximate surface area is 98.8 Å². The lowest BCUT2D eigenvalue weighted by Gasteiger charge is -2.09. The third kappa shape index (κ3) is 1.96. The number of pyridine rings is 1. The van der Waals surface area contributed by atoms with Gasteiger partial charge < -0.3 is 11.1 Å². The van der Waals surface area contributed by atoms with Crippen LogP contribution in [0.25, 0.3) is 10.9 Å². The fourth-order valence-corrected chi connectivity index (χ4v) is 2.04. The maximum Gasteiger partial charge on any atom is 0.149 e. The molecule has 3 nitrogen and oxygen atoms in total. The van der Waals surface area contributed by atoms with Crippen molar-refractivity contribution < 1.29 is 4.39 Å². The van der Waals surface area contributed by atoms with Crippen LogP contribution in [0.15, 0.2) is 30.5 Å². The van der Waals surface area contributed by atoms with Gasteiger partial charge in [0.25, 0.3) is 0 Å². The van der Waals surface area contributed by atoms with Gasteiger partial charge in [0.05, 0.1) is 0 Å². The zero-order valence-corrected chi connectivity index (χ0v) is 9.36. The first-order valence-corrected chi connectivity index (χ1v) is 5.78. The van der Waals surface area contributed by atoms with E-state index in [1.165, 1.54) is 6.07 Å². The molecule has 1 heterocycles. The van der Waals surface area contributed by atoms with E-state index < -0.39 is 0 Å². The summed E-state index contributed by atoms with van der Waals surface area (Å²) in [5.74, 6) is 0.265. The van der Waals surface area contributed by atoms with E-state index in [1.54, 1.807) is 12.3 Å². The van der Waals surface area contributed by atoms with Crippen LogP contribution in [0.2, 0.25) is 0 Å². The molecule has 1 aromatic heterocycles. The first kappa shape index (κ1) is 10.5. The fourth-order valence-electron chi connectivity index (χ4n) is 2.04. The van der Waals surface area contributed by atoms with Crippen LogP contribution in [0.5, 0.6) is 0 Å². The summed E-state index contributed by atoms with van der Waals surface area (Å²) in [6.07, 6.45) is 2.70. The molecule has 88 valence electrons. The second-order valence-corrected chi connectivity index (χ2v) is 4.54. The Balaban J connectivity index is 1.90. The maximum atomic E-state index is 13.5. The SMILES string of the molecule is N[C@@H]1C[C@@H]1CNc1ccnc2c(F)cccc12. The molecule has 3 N–H and O–H groups in total. The van der Waals surface area contributed by atoms with Crippen LogP contribution in [-0.2, 0) is 0 Å². The molecule has 0 unspecified atom stereocenters. The molecule has 1 aliphatic rings. The summed E-state index contributed by atoms with van der Waals surface area (Å²) in [6, 6.07) is 7.20. The van der Waals surface area contributed by atoms with E-state index in [4.69, 9.17) is 5.73 Å². The van der Waals surface area contributed by atoms with E-state index in [9.17, 15) is 4.39 Å². The highest BCUT2D eigenvalue weighted by atomic mass is 19.1. The fraction of sp³-hybridized carbons (Fsp3) is 0.308. The Morgan fingerprint density at radius 3 is 3.00 bits per heavy atom. The van der Waals surface area contributed by atoms with E-state index in [-0.39, 0.29) is 5.82 Å². The van der Waals surface area contributed by atoms with Gasteiger partial charge in [0.1, 0.15) is 11.3 Å². The number of hydrogen-bond donors (Lipinski definition) is 2. The predicted molar refractivity (Wildman–Crippen MR) is 66.3 cm³/mol. The minimum atomic E-state index is -0.283. The van der Waals surface area contributed by atoms with Gasteiger partial charge >= 0.3 is 0 Å². The van der Waals surface area contributed by atoms with E-state index in [2.05, 4.69) is 10.3 Å². The summed E-state index contributed by atoms with van der Waals surface area (Å²) in [5.41, 5.74) is 7.09. The summed E-state index contributed by atoms with van der Waals surface area (Å²) in [4.78, 5) is 4.06. The molecule has 1 saturated carbocycles. The first-order chi connectivity index (χ1) is 8.25. The van der Waals surface area contributed by atoms with Crippen molar-refractivity contribution in [3.63, 3.8) is 0 Å². The molecule has 1 aromatic carbocycles. The largest absolute Gasteiger partial charge is 0.384 e. The Morgan fingerprint density at radius 1 is 1.41 bits per heavy atom. The summed E-state index contributed by atoms with van der Waals surface area (Å²) in [7, 11) is 0. The van der Waals surface area contributed by atoms with Crippen molar-refractivity contribution in [2.75, 3.05) is 11.9 Å². The van der Waals surface area contributed by atoms with E-state index >= 15 is 0 Å². The predicted octanol–water partition coefficient (Wildman–Crippen LogP) is 2.13. The first-order valence-electron chi connectivity index (χ1n) is 5.78. The van der Waals surface area contributed by atoms with Gasteiger partial charge in [0, 0.05) is 29.9 Å². The molecule has 0 aliphatic heterocycles. The number of fused-ring (bicyclic) bond motifs is 1. The van der Waals surface area contributed by atoms with Crippen LogP contribution in [0.3, 0.4) is 0 Å². The highest BCUT2D eigenvalue weighted by Gasteiger charge is 2.32. The Bertz CT molecular complexity index is 555. The molecule has 3 rings (SSSR count). The molecule has 0 radical (unpaired) electrons. The zero-order valence-electron chi connectivity index (χ0n) is 9.36. The van der Waals surface area contributed by atoms with Crippen molar-refractivity contribution in [3.05, 3.63) is 36.3 Å². The third-order valence-corrected chi connectivity index (χ3v) is 3.25. The molecule has 0 amide bonds. The molecule has 2 aromatic rings. The molecule has 1 aliphatic carbocycles. The highest BCUT2D eigenvalue weighted by Crippen LogP contribution is 2.29. The van der Waals surface area contributed by atoms with Crippen molar-refractivity contribution in [1.82, 2.24) is 4.98 Å². The number of anilines is 1. The molecule has 0 bridgehead atoms. The van der Waals surface area contributed by atoms with Gasteiger partial charge in [-0.1, -0.05) is 12.1 Å². The van der Waals surface area contributed by atoms with Gasteiger partial charge in [0.2, 0.25) is 0 Å². The summed E-state index contributed by atoms with van der Waals surface area (Å²) >= 11 is 0. The van der Waals surface area contributed by atoms with Gasteiger partial charge in [-0.2, -0.15) is 0 Å². The topological polar surface area (TPSA) is 50.9 Å². The molecule has 4 heteroatoms. The summed E-state index contributed by atoms with van der Waals surface area (Å²) < 4.78 is 13.5. The number of halogens is 1. The van der Waals surface area contributed by atoms with Crippen LogP contribution in [-0.4, -0.2) is 17.6 Å². The number of nitrogens with two attached hydrogens (primary N) is 1. The number of hydrogen-bond acceptors (Lipinski definition) is 3. The van der Waals surface area contributed by atoms with E-state index in [1.807, 2.05) is 12.1 Å². The number of nitrogens with zero attached hydrogens (tertiary/aromatic N) is 1. The van der Waals surface area contributed by atoms with E-state index in [0.717, 1.165) is 24.0 Å². The normalized spacial score (nSPS) is 22.7. The van der Waals surface area contributed by atoms with Crippen molar-refractivity contribution in [3.8, 4) is 0 Å². The number of benzene rings is 1. The average molecular weight is 231 g/mol. The van der Waals surface area contributed by atoms with Crippen molar-refractivity contribution in [2.45, 2.75) is 12.5 Å². The van der Waals surface area contributed by atoms with Crippen LogP contribution in [0.1, 0.15) is 6.42 Å². The molecule has 17 heavy (non-hydrogen) atoms. The van der Waals surface area contributed by atoms with Crippen molar-refractivity contribution in [1.29, 1.82) is 0 Å². The number of aromatic nitrogens is 1. The molecular formula is C13H14FN3. The lowest BCUT2D eigenvalue weighted by Crippen LogP contribution is -2.11.